The number of hydrogen-bond donors (Lipinski definition) is 1. The quantitative estimate of drug-likeness (QED) is 0.659. The van der Waals surface area contributed by atoms with Gasteiger partial charge in [0.05, 0.1) is 16.6 Å². The van der Waals surface area contributed by atoms with E-state index in [1.165, 1.54) is 12.1 Å². The van der Waals surface area contributed by atoms with E-state index in [0.29, 0.717) is 29.7 Å². The van der Waals surface area contributed by atoms with Gasteiger partial charge in [-0.1, -0.05) is 0 Å². The lowest BCUT2D eigenvalue weighted by molar-refractivity contribution is 0.112. The van der Waals surface area contributed by atoms with Crippen LogP contribution < -0.4 is 4.74 Å². The standard InChI is InChI=1S/C10H11BrO4/c1-14-2-3-15-10-5-9(13)7(6-12)4-8(10)11/h4-6,13H,2-3H2,1H3. The topological polar surface area (TPSA) is 55.8 Å². The van der Waals surface area contributed by atoms with Gasteiger partial charge in [0.25, 0.3) is 0 Å². The zero-order chi connectivity index (χ0) is 11.3. The summed E-state index contributed by atoms with van der Waals surface area (Å²) in [7, 11) is 1.57. The number of ether oxygens (including phenoxy) is 2. The number of aromatic hydroxyl groups is 1. The molecule has 0 amide bonds. The van der Waals surface area contributed by atoms with Gasteiger partial charge in [-0.2, -0.15) is 0 Å². The van der Waals surface area contributed by atoms with E-state index in [9.17, 15) is 9.90 Å². The van der Waals surface area contributed by atoms with Gasteiger partial charge in [0, 0.05) is 13.2 Å². The van der Waals surface area contributed by atoms with Crippen molar-refractivity contribution in [3.05, 3.63) is 22.2 Å². The third-order valence-corrected chi connectivity index (χ3v) is 2.37. The van der Waals surface area contributed by atoms with Gasteiger partial charge < -0.3 is 14.6 Å². The van der Waals surface area contributed by atoms with Crippen molar-refractivity contribution in [2.45, 2.75) is 0 Å². The Morgan fingerprint density at radius 3 is 2.80 bits per heavy atom. The smallest absolute Gasteiger partial charge is 0.153 e. The number of carbonyl (C=O) groups is 1. The molecule has 0 unspecified atom stereocenters. The van der Waals surface area contributed by atoms with Gasteiger partial charge in [0.2, 0.25) is 0 Å². The van der Waals surface area contributed by atoms with Crippen molar-refractivity contribution in [1.82, 2.24) is 0 Å². The van der Waals surface area contributed by atoms with E-state index in [0.717, 1.165) is 0 Å². The summed E-state index contributed by atoms with van der Waals surface area (Å²) in [5.74, 6) is 0.385. The normalized spacial score (nSPS) is 10.0. The maximum atomic E-state index is 10.5. The number of rotatable bonds is 5. The molecule has 0 radical (unpaired) electrons. The highest BCUT2D eigenvalue weighted by atomic mass is 79.9. The predicted molar refractivity (Wildman–Crippen MR) is 58.6 cm³/mol. The molecule has 1 aromatic carbocycles. The molecule has 4 nitrogen and oxygen atoms in total. The average Bonchev–Trinajstić information content (AvgIpc) is 2.23. The first-order chi connectivity index (χ1) is 7.19. The molecule has 0 aliphatic rings. The molecular formula is C10H11BrO4. The number of hydrogen-bond acceptors (Lipinski definition) is 4. The predicted octanol–water partition coefficient (Wildman–Crippen LogP) is 1.99. The van der Waals surface area contributed by atoms with Crippen molar-refractivity contribution in [2.75, 3.05) is 20.3 Å². The van der Waals surface area contributed by atoms with Crippen LogP contribution in [0.4, 0.5) is 0 Å². The summed E-state index contributed by atoms with van der Waals surface area (Å²) in [6, 6.07) is 2.90. The molecule has 0 saturated carbocycles. The molecule has 0 bridgehead atoms. The van der Waals surface area contributed by atoms with E-state index in [1.54, 1.807) is 7.11 Å². The maximum Gasteiger partial charge on any atom is 0.153 e. The Labute approximate surface area is 95.9 Å². The van der Waals surface area contributed by atoms with E-state index in [1.807, 2.05) is 0 Å². The molecule has 0 aliphatic carbocycles. The lowest BCUT2D eigenvalue weighted by Crippen LogP contribution is -2.04. The molecule has 82 valence electrons. The highest BCUT2D eigenvalue weighted by Crippen LogP contribution is 2.31. The average molecular weight is 275 g/mol. The highest BCUT2D eigenvalue weighted by Gasteiger charge is 2.07. The molecule has 1 aromatic rings. The fraction of sp³-hybridized carbons (Fsp3) is 0.300. The van der Waals surface area contributed by atoms with Gasteiger partial charge in [0.1, 0.15) is 18.1 Å². The summed E-state index contributed by atoms with van der Waals surface area (Å²) in [6.45, 7) is 0.845. The SMILES string of the molecule is COCCOc1cc(O)c(C=O)cc1Br. The van der Waals surface area contributed by atoms with Crippen LogP contribution >= 0.6 is 15.9 Å². The van der Waals surface area contributed by atoms with Gasteiger partial charge in [-0.05, 0) is 22.0 Å². The van der Waals surface area contributed by atoms with Crippen LogP contribution in [-0.2, 0) is 4.74 Å². The number of aldehydes is 1. The van der Waals surface area contributed by atoms with Crippen molar-refractivity contribution in [2.24, 2.45) is 0 Å². The minimum atomic E-state index is -0.0967. The van der Waals surface area contributed by atoms with Gasteiger partial charge in [-0.15, -0.1) is 0 Å². The number of phenols is 1. The fourth-order valence-corrected chi connectivity index (χ4v) is 1.47. The van der Waals surface area contributed by atoms with E-state index in [2.05, 4.69) is 15.9 Å². The molecule has 1 N–H and O–H groups in total. The van der Waals surface area contributed by atoms with Crippen molar-refractivity contribution >= 4 is 22.2 Å². The van der Waals surface area contributed by atoms with Crippen LogP contribution in [0.2, 0.25) is 0 Å². The highest BCUT2D eigenvalue weighted by molar-refractivity contribution is 9.10. The van der Waals surface area contributed by atoms with Gasteiger partial charge in [-0.3, -0.25) is 4.79 Å². The fourth-order valence-electron chi connectivity index (χ4n) is 0.998. The summed E-state index contributed by atoms with van der Waals surface area (Å²) in [5.41, 5.74) is 0.223. The van der Waals surface area contributed by atoms with Crippen molar-refractivity contribution in [1.29, 1.82) is 0 Å². The lowest BCUT2D eigenvalue weighted by atomic mass is 10.2. The number of halogens is 1. The monoisotopic (exact) mass is 274 g/mol. The molecule has 0 fully saturated rings. The van der Waals surface area contributed by atoms with Gasteiger partial charge in [0.15, 0.2) is 6.29 Å². The largest absolute Gasteiger partial charge is 0.507 e. The zero-order valence-corrected chi connectivity index (χ0v) is 9.78. The first kappa shape index (κ1) is 12.0. The molecular weight excluding hydrogens is 264 g/mol. The van der Waals surface area contributed by atoms with E-state index in [-0.39, 0.29) is 11.3 Å². The Morgan fingerprint density at radius 1 is 1.47 bits per heavy atom. The number of benzene rings is 1. The second kappa shape index (κ2) is 5.72. The molecule has 0 spiro atoms. The van der Waals surface area contributed by atoms with Crippen LogP contribution in [0.25, 0.3) is 0 Å². The Bertz CT molecular complexity index is 352. The molecule has 0 atom stereocenters. The molecule has 0 aliphatic heterocycles. The Hall–Kier alpha value is -1.07. The molecule has 0 saturated heterocycles. The second-order valence-corrected chi connectivity index (χ2v) is 3.65. The zero-order valence-electron chi connectivity index (χ0n) is 8.20. The summed E-state index contributed by atoms with van der Waals surface area (Å²) < 4.78 is 10.8. The number of carbonyl (C=O) groups excluding carboxylic acids is 1. The Morgan fingerprint density at radius 2 is 2.20 bits per heavy atom. The first-order valence-corrected chi connectivity index (χ1v) is 5.07. The molecule has 1 rings (SSSR count). The van der Waals surface area contributed by atoms with E-state index in [4.69, 9.17) is 9.47 Å². The second-order valence-electron chi connectivity index (χ2n) is 2.80. The Balaban J connectivity index is 2.80. The minimum absolute atomic E-state index is 0.0967. The van der Waals surface area contributed by atoms with Crippen LogP contribution in [0.1, 0.15) is 10.4 Å². The van der Waals surface area contributed by atoms with Crippen LogP contribution in [0.5, 0.6) is 11.5 Å². The summed E-state index contributed by atoms with van der Waals surface area (Å²) >= 11 is 3.24. The van der Waals surface area contributed by atoms with Crippen LogP contribution in [0.3, 0.4) is 0 Å². The summed E-state index contributed by atoms with van der Waals surface area (Å²) in [5, 5.41) is 9.41. The third-order valence-electron chi connectivity index (χ3n) is 1.75. The molecule has 0 aromatic heterocycles. The lowest BCUT2D eigenvalue weighted by Gasteiger charge is -2.08. The van der Waals surface area contributed by atoms with E-state index >= 15 is 0 Å². The van der Waals surface area contributed by atoms with E-state index < -0.39 is 0 Å². The minimum Gasteiger partial charge on any atom is -0.507 e. The molecule has 0 heterocycles. The van der Waals surface area contributed by atoms with Gasteiger partial charge in [-0.25, -0.2) is 0 Å². The van der Waals surface area contributed by atoms with Crippen molar-refractivity contribution < 1.29 is 19.4 Å². The molecule has 5 heteroatoms. The number of phenolic OH excluding ortho intramolecular Hbond substituents is 1. The van der Waals surface area contributed by atoms with Crippen molar-refractivity contribution in [3.63, 3.8) is 0 Å². The summed E-state index contributed by atoms with van der Waals surface area (Å²) in [6.07, 6.45) is 0.582. The van der Waals surface area contributed by atoms with Gasteiger partial charge >= 0.3 is 0 Å². The van der Waals surface area contributed by atoms with Crippen LogP contribution in [-0.4, -0.2) is 31.7 Å². The Kier molecular flexibility index (Phi) is 4.58. The molecule has 15 heavy (non-hydrogen) atoms. The summed E-state index contributed by atoms with van der Waals surface area (Å²) in [4.78, 5) is 10.5. The number of methoxy groups -OCH3 is 1. The van der Waals surface area contributed by atoms with Crippen LogP contribution in [0, 0.1) is 0 Å². The first-order valence-electron chi connectivity index (χ1n) is 4.28. The maximum absolute atomic E-state index is 10.5. The third kappa shape index (κ3) is 3.21. The van der Waals surface area contributed by atoms with Crippen molar-refractivity contribution in [3.8, 4) is 11.5 Å². The van der Waals surface area contributed by atoms with Crippen LogP contribution in [0.15, 0.2) is 16.6 Å².